The first kappa shape index (κ1) is 8.53. The molecule has 3 nitrogen and oxygen atoms in total. The summed E-state index contributed by atoms with van der Waals surface area (Å²) in [6.45, 7) is 0.915. The summed E-state index contributed by atoms with van der Waals surface area (Å²) in [6.07, 6.45) is 4.12. The number of methoxy groups -OCH3 is 1. The highest BCUT2D eigenvalue weighted by Gasteiger charge is 2.21. The smallest absolute Gasteiger partial charge is 0.305 e. The molecule has 1 aliphatic rings. The number of ether oxygens (including phenoxy) is 2. The summed E-state index contributed by atoms with van der Waals surface area (Å²) in [5, 5.41) is 0. The molecule has 1 unspecified atom stereocenters. The second-order valence-electron chi connectivity index (χ2n) is 2.78. The summed E-state index contributed by atoms with van der Waals surface area (Å²) >= 11 is 0. The van der Waals surface area contributed by atoms with Gasteiger partial charge in [-0.15, -0.1) is 0 Å². The SMILES string of the molecule is COC(=O)CCCCC1CO1. The standard InChI is InChI=1S/C8H14O3/c1-10-8(9)5-3-2-4-7-6-11-7/h7H,2-6H2,1H3. The van der Waals surface area contributed by atoms with E-state index in [0.29, 0.717) is 12.5 Å². The maximum Gasteiger partial charge on any atom is 0.305 e. The fourth-order valence-corrected chi connectivity index (χ4v) is 0.978. The maximum atomic E-state index is 10.6. The van der Waals surface area contributed by atoms with Crippen LogP contribution in [0.3, 0.4) is 0 Å². The van der Waals surface area contributed by atoms with E-state index >= 15 is 0 Å². The number of epoxide rings is 1. The lowest BCUT2D eigenvalue weighted by atomic mass is 10.1. The second-order valence-corrected chi connectivity index (χ2v) is 2.78. The lowest BCUT2D eigenvalue weighted by Gasteiger charge is -1.97. The Kier molecular flexibility index (Phi) is 3.36. The molecule has 1 atom stereocenters. The molecule has 64 valence electrons. The van der Waals surface area contributed by atoms with Gasteiger partial charge in [-0.05, 0) is 12.8 Å². The Morgan fingerprint density at radius 2 is 2.36 bits per heavy atom. The Bertz CT molecular complexity index is 129. The van der Waals surface area contributed by atoms with Crippen LogP contribution >= 0.6 is 0 Å². The first-order valence-electron chi connectivity index (χ1n) is 4.01. The molecule has 0 N–H and O–H groups in total. The van der Waals surface area contributed by atoms with E-state index in [4.69, 9.17) is 4.74 Å². The molecule has 1 aliphatic heterocycles. The molecule has 0 aliphatic carbocycles. The average Bonchev–Trinajstić information content (AvgIpc) is 2.81. The van der Waals surface area contributed by atoms with Gasteiger partial charge in [-0.2, -0.15) is 0 Å². The zero-order valence-corrected chi connectivity index (χ0v) is 6.84. The van der Waals surface area contributed by atoms with Crippen LogP contribution in [0, 0.1) is 0 Å². The van der Waals surface area contributed by atoms with Crippen LogP contribution in [0.2, 0.25) is 0 Å². The van der Waals surface area contributed by atoms with Crippen molar-refractivity contribution in [2.24, 2.45) is 0 Å². The molecule has 0 aromatic rings. The molecule has 1 saturated heterocycles. The van der Waals surface area contributed by atoms with Gasteiger partial charge in [0.15, 0.2) is 0 Å². The van der Waals surface area contributed by atoms with Crippen molar-refractivity contribution in [3.05, 3.63) is 0 Å². The highest BCUT2D eigenvalue weighted by Crippen LogP contribution is 2.16. The molecular formula is C8H14O3. The molecule has 1 rings (SSSR count). The molecule has 1 heterocycles. The number of esters is 1. The molecule has 0 radical (unpaired) electrons. The molecule has 0 amide bonds. The van der Waals surface area contributed by atoms with E-state index in [1.54, 1.807) is 0 Å². The van der Waals surface area contributed by atoms with Gasteiger partial charge in [0.05, 0.1) is 19.8 Å². The molecular weight excluding hydrogens is 144 g/mol. The van der Waals surface area contributed by atoms with E-state index in [1.807, 2.05) is 0 Å². The predicted molar refractivity (Wildman–Crippen MR) is 40.2 cm³/mol. The molecule has 0 saturated carbocycles. The minimum atomic E-state index is -0.110. The van der Waals surface area contributed by atoms with Gasteiger partial charge in [0, 0.05) is 6.42 Å². The first-order valence-corrected chi connectivity index (χ1v) is 4.01. The molecule has 1 fully saturated rings. The third-order valence-corrected chi connectivity index (χ3v) is 1.79. The van der Waals surface area contributed by atoms with Gasteiger partial charge in [-0.25, -0.2) is 0 Å². The van der Waals surface area contributed by atoms with E-state index in [-0.39, 0.29) is 5.97 Å². The predicted octanol–water partition coefficient (Wildman–Crippen LogP) is 1.12. The van der Waals surface area contributed by atoms with Crippen molar-refractivity contribution in [2.45, 2.75) is 31.8 Å². The van der Waals surface area contributed by atoms with Gasteiger partial charge in [0.2, 0.25) is 0 Å². The fraction of sp³-hybridized carbons (Fsp3) is 0.875. The van der Waals surface area contributed by atoms with E-state index in [0.717, 1.165) is 25.9 Å². The summed E-state index contributed by atoms with van der Waals surface area (Å²) in [5.41, 5.74) is 0. The zero-order valence-electron chi connectivity index (χ0n) is 6.84. The molecule has 3 heteroatoms. The van der Waals surface area contributed by atoms with E-state index in [1.165, 1.54) is 7.11 Å². The first-order chi connectivity index (χ1) is 5.33. The van der Waals surface area contributed by atoms with Crippen LogP contribution in [-0.2, 0) is 14.3 Å². The highest BCUT2D eigenvalue weighted by atomic mass is 16.6. The average molecular weight is 158 g/mol. The normalized spacial score (nSPS) is 21.4. The van der Waals surface area contributed by atoms with Crippen molar-refractivity contribution in [2.75, 3.05) is 13.7 Å². The number of carbonyl (C=O) groups excluding carboxylic acids is 1. The van der Waals surface area contributed by atoms with Crippen molar-refractivity contribution in [1.82, 2.24) is 0 Å². The Morgan fingerprint density at radius 1 is 1.64 bits per heavy atom. The zero-order chi connectivity index (χ0) is 8.10. The number of unbranched alkanes of at least 4 members (excludes halogenated alkanes) is 1. The van der Waals surface area contributed by atoms with E-state index < -0.39 is 0 Å². The molecule has 0 bridgehead atoms. The van der Waals surface area contributed by atoms with Gasteiger partial charge in [0.25, 0.3) is 0 Å². The quantitative estimate of drug-likeness (QED) is 0.342. The lowest BCUT2D eigenvalue weighted by molar-refractivity contribution is -0.140. The molecule has 0 spiro atoms. The number of hydrogen-bond donors (Lipinski definition) is 0. The second kappa shape index (κ2) is 4.34. The van der Waals surface area contributed by atoms with Crippen molar-refractivity contribution < 1.29 is 14.3 Å². The van der Waals surface area contributed by atoms with Crippen LogP contribution in [0.1, 0.15) is 25.7 Å². The van der Waals surface area contributed by atoms with Crippen LogP contribution < -0.4 is 0 Å². The lowest BCUT2D eigenvalue weighted by Crippen LogP contribution is -1.99. The monoisotopic (exact) mass is 158 g/mol. The Balaban J connectivity index is 1.82. The van der Waals surface area contributed by atoms with Gasteiger partial charge < -0.3 is 9.47 Å². The maximum absolute atomic E-state index is 10.6. The topological polar surface area (TPSA) is 38.8 Å². The largest absolute Gasteiger partial charge is 0.469 e. The van der Waals surface area contributed by atoms with E-state index in [2.05, 4.69) is 4.74 Å². The number of carbonyl (C=O) groups is 1. The minimum absolute atomic E-state index is 0.110. The van der Waals surface area contributed by atoms with Gasteiger partial charge >= 0.3 is 5.97 Å². The Labute approximate surface area is 66.7 Å². The van der Waals surface area contributed by atoms with Gasteiger partial charge in [-0.1, -0.05) is 6.42 Å². The summed E-state index contributed by atoms with van der Waals surface area (Å²) < 4.78 is 9.53. The number of hydrogen-bond acceptors (Lipinski definition) is 3. The molecule has 0 aromatic heterocycles. The van der Waals surface area contributed by atoms with Crippen LogP contribution in [-0.4, -0.2) is 25.8 Å². The summed E-state index contributed by atoms with van der Waals surface area (Å²) in [5.74, 6) is -0.110. The van der Waals surface area contributed by atoms with Crippen molar-refractivity contribution >= 4 is 5.97 Å². The van der Waals surface area contributed by atoms with Crippen molar-refractivity contribution in [1.29, 1.82) is 0 Å². The van der Waals surface area contributed by atoms with Gasteiger partial charge in [0.1, 0.15) is 0 Å². The van der Waals surface area contributed by atoms with Crippen molar-refractivity contribution in [3.8, 4) is 0 Å². The summed E-state index contributed by atoms with van der Waals surface area (Å²) in [6, 6.07) is 0. The van der Waals surface area contributed by atoms with Crippen LogP contribution in [0.25, 0.3) is 0 Å². The fourth-order valence-electron chi connectivity index (χ4n) is 0.978. The third-order valence-electron chi connectivity index (χ3n) is 1.79. The van der Waals surface area contributed by atoms with E-state index in [9.17, 15) is 4.79 Å². The van der Waals surface area contributed by atoms with Crippen LogP contribution in [0.4, 0.5) is 0 Å². The minimum Gasteiger partial charge on any atom is -0.469 e. The van der Waals surface area contributed by atoms with Gasteiger partial charge in [-0.3, -0.25) is 4.79 Å². The summed E-state index contributed by atoms with van der Waals surface area (Å²) in [7, 11) is 1.42. The Hall–Kier alpha value is -0.570. The van der Waals surface area contributed by atoms with Crippen LogP contribution in [0.5, 0.6) is 0 Å². The summed E-state index contributed by atoms with van der Waals surface area (Å²) in [4.78, 5) is 10.6. The molecule has 11 heavy (non-hydrogen) atoms. The van der Waals surface area contributed by atoms with Crippen LogP contribution in [0.15, 0.2) is 0 Å². The van der Waals surface area contributed by atoms with Crippen molar-refractivity contribution in [3.63, 3.8) is 0 Å². The highest BCUT2D eigenvalue weighted by molar-refractivity contribution is 5.68. The third kappa shape index (κ3) is 3.98. The molecule has 0 aromatic carbocycles. The Morgan fingerprint density at radius 3 is 2.91 bits per heavy atom. The number of rotatable bonds is 5.